The average Bonchev–Trinajstić information content (AvgIpc) is 2.82. The first-order valence-corrected chi connectivity index (χ1v) is 5.37. The Morgan fingerprint density at radius 3 is 2.82 bits per heavy atom. The van der Waals surface area contributed by atoms with Crippen LogP contribution in [0.3, 0.4) is 0 Å². The van der Waals surface area contributed by atoms with Crippen LogP contribution < -0.4 is 5.73 Å². The maximum Gasteiger partial charge on any atom is 0.140 e. The van der Waals surface area contributed by atoms with Gasteiger partial charge >= 0.3 is 0 Å². The second-order valence-corrected chi connectivity index (χ2v) is 4.11. The lowest BCUT2D eigenvalue weighted by atomic mass is 10.1. The van der Waals surface area contributed by atoms with E-state index in [-0.39, 0.29) is 0 Å². The molecule has 0 fully saturated rings. The van der Waals surface area contributed by atoms with E-state index in [1.165, 1.54) is 0 Å². The zero-order valence-corrected chi connectivity index (χ0v) is 9.75. The third-order valence-corrected chi connectivity index (χ3v) is 2.93. The second kappa shape index (κ2) is 3.35. The van der Waals surface area contributed by atoms with Gasteiger partial charge in [0.2, 0.25) is 0 Å². The summed E-state index contributed by atoms with van der Waals surface area (Å²) in [6, 6.07) is 5.85. The Bertz CT molecular complexity index is 673. The zero-order valence-electron chi connectivity index (χ0n) is 9.75. The van der Waals surface area contributed by atoms with E-state index in [1.807, 2.05) is 43.1 Å². The van der Waals surface area contributed by atoms with Crippen molar-refractivity contribution >= 4 is 16.9 Å². The summed E-state index contributed by atoms with van der Waals surface area (Å²) >= 11 is 0. The van der Waals surface area contributed by atoms with Gasteiger partial charge in [-0.3, -0.25) is 4.68 Å². The van der Waals surface area contributed by atoms with Crippen molar-refractivity contribution in [3.8, 4) is 11.3 Å². The monoisotopic (exact) mass is 227 g/mol. The fourth-order valence-corrected chi connectivity index (χ4v) is 2.03. The Labute approximate surface area is 98.5 Å². The molecule has 0 saturated heterocycles. The lowest BCUT2D eigenvalue weighted by Crippen LogP contribution is -1.96. The molecule has 0 bridgehead atoms. The molecule has 2 N–H and O–H groups in total. The molecular weight excluding hydrogens is 214 g/mol. The Hall–Kier alpha value is -2.30. The maximum absolute atomic E-state index is 5.81. The van der Waals surface area contributed by atoms with Crippen LogP contribution in [0.15, 0.2) is 30.6 Å². The van der Waals surface area contributed by atoms with E-state index in [2.05, 4.69) is 10.1 Å². The normalized spacial score (nSPS) is 11.2. The third-order valence-electron chi connectivity index (χ3n) is 2.93. The summed E-state index contributed by atoms with van der Waals surface area (Å²) in [6.07, 6.45) is 3.82. The van der Waals surface area contributed by atoms with Gasteiger partial charge in [-0.2, -0.15) is 5.10 Å². The van der Waals surface area contributed by atoms with E-state index in [0.29, 0.717) is 5.82 Å². The van der Waals surface area contributed by atoms with Crippen molar-refractivity contribution in [3.05, 3.63) is 30.6 Å². The van der Waals surface area contributed by atoms with E-state index in [4.69, 9.17) is 5.73 Å². The van der Waals surface area contributed by atoms with Crippen molar-refractivity contribution in [2.75, 3.05) is 5.73 Å². The Balaban J connectivity index is 2.30. The third kappa shape index (κ3) is 1.39. The van der Waals surface area contributed by atoms with Crippen molar-refractivity contribution < 1.29 is 0 Å². The molecule has 0 spiro atoms. The van der Waals surface area contributed by atoms with E-state index in [0.717, 1.165) is 22.3 Å². The van der Waals surface area contributed by atoms with E-state index < -0.39 is 0 Å². The largest absolute Gasteiger partial charge is 0.384 e. The average molecular weight is 227 g/mol. The minimum Gasteiger partial charge on any atom is -0.384 e. The van der Waals surface area contributed by atoms with Crippen molar-refractivity contribution in [1.82, 2.24) is 19.3 Å². The summed E-state index contributed by atoms with van der Waals surface area (Å²) in [6.45, 7) is 0. The Kier molecular flexibility index (Phi) is 1.95. The van der Waals surface area contributed by atoms with Crippen LogP contribution in [0, 0.1) is 0 Å². The minimum absolute atomic E-state index is 0.654. The molecule has 5 heteroatoms. The molecule has 3 rings (SSSR count). The molecule has 0 aliphatic carbocycles. The first kappa shape index (κ1) is 9.89. The lowest BCUT2D eigenvalue weighted by Gasteiger charge is -1.93. The fourth-order valence-electron chi connectivity index (χ4n) is 2.03. The molecule has 0 radical (unpaired) electrons. The second-order valence-electron chi connectivity index (χ2n) is 4.11. The number of nitrogens with two attached hydrogens (primary N) is 1. The van der Waals surface area contributed by atoms with E-state index in [1.54, 1.807) is 10.9 Å². The van der Waals surface area contributed by atoms with Crippen LogP contribution in [0.2, 0.25) is 0 Å². The number of rotatable bonds is 1. The highest BCUT2D eigenvalue weighted by atomic mass is 15.3. The SMILES string of the molecule is Cn1nc(-c2cn(C)c3ncccc23)cc1N. The molecule has 17 heavy (non-hydrogen) atoms. The minimum atomic E-state index is 0.654. The highest BCUT2D eigenvalue weighted by Gasteiger charge is 2.12. The van der Waals surface area contributed by atoms with Gasteiger partial charge in [-0.05, 0) is 12.1 Å². The Morgan fingerprint density at radius 1 is 1.29 bits per heavy atom. The number of nitrogen functional groups attached to an aromatic ring is 1. The summed E-state index contributed by atoms with van der Waals surface area (Å²) in [4.78, 5) is 4.35. The number of nitrogens with zero attached hydrogens (tertiary/aromatic N) is 4. The molecule has 5 nitrogen and oxygen atoms in total. The molecule has 0 aromatic carbocycles. The summed E-state index contributed by atoms with van der Waals surface area (Å²) in [5.74, 6) is 0.654. The number of hydrogen-bond acceptors (Lipinski definition) is 3. The summed E-state index contributed by atoms with van der Waals surface area (Å²) in [5, 5.41) is 5.49. The summed E-state index contributed by atoms with van der Waals surface area (Å²) in [5.41, 5.74) is 8.69. The van der Waals surface area contributed by atoms with Gasteiger partial charge in [-0.25, -0.2) is 4.98 Å². The molecule has 0 atom stereocenters. The molecule has 3 aromatic heterocycles. The van der Waals surface area contributed by atoms with Gasteiger partial charge in [0.05, 0.1) is 5.69 Å². The van der Waals surface area contributed by atoms with Gasteiger partial charge in [-0.1, -0.05) is 0 Å². The van der Waals surface area contributed by atoms with Crippen LogP contribution in [-0.2, 0) is 14.1 Å². The van der Waals surface area contributed by atoms with Gasteiger partial charge < -0.3 is 10.3 Å². The molecule has 0 unspecified atom stereocenters. The zero-order chi connectivity index (χ0) is 12.0. The molecule has 0 amide bonds. The number of aryl methyl sites for hydroxylation is 2. The molecule has 0 aliphatic heterocycles. The predicted molar refractivity (Wildman–Crippen MR) is 67.3 cm³/mol. The van der Waals surface area contributed by atoms with Crippen molar-refractivity contribution in [3.63, 3.8) is 0 Å². The predicted octanol–water partition coefficient (Wildman–Crippen LogP) is 1.56. The van der Waals surface area contributed by atoms with Crippen LogP contribution in [0.1, 0.15) is 0 Å². The highest BCUT2D eigenvalue weighted by Crippen LogP contribution is 2.28. The van der Waals surface area contributed by atoms with Crippen LogP contribution in [-0.4, -0.2) is 19.3 Å². The molecular formula is C12H13N5. The number of aromatic nitrogens is 4. The van der Waals surface area contributed by atoms with Gasteiger partial charge in [0.15, 0.2) is 0 Å². The van der Waals surface area contributed by atoms with Crippen molar-refractivity contribution in [2.24, 2.45) is 14.1 Å². The Morgan fingerprint density at radius 2 is 2.12 bits per heavy atom. The molecule has 0 aliphatic rings. The number of hydrogen-bond donors (Lipinski definition) is 1. The fraction of sp³-hybridized carbons (Fsp3) is 0.167. The van der Waals surface area contributed by atoms with Crippen LogP contribution >= 0.6 is 0 Å². The van der Waals surface area contributed by atoms with E-state index in [9.17, 15) is 0 Å². The standard InChI is InChI=1S/C12H13N5/c1-16-7-9(8-4-3-5-14-12(8)16)10-6-11(13)17(2)15-10/h3-7H,13H2,1-2H3. The molecule has 0 saturated carbocycles. The van der Waals surface area contributed by atoms with E-state index >= 15 is 0 Å². The van der Waals surface area contributed by atoms with Crippen LogP contribution in [0.4, 0.5) is 5.82 Å². The van der Waals surface area contributed by atoms with Gasteiger partial charge in [0.25, 0.3) is 0 Å². The topological polar surface area (TPSA) is 61.7 Å². The van der Waals surface area contributed by atoms with Gasteiger partial charge in [-0.15, -0.1) is 0 Å². The maximum atomic E-state index is 5.81. The lowest BCUT2D eigenvalue weighted by molar-refractivity contribution is 0.782. The summed E-state index contributed by atoms with van der Waals surface area (Å²) < 4.78 is 3.67. The van der Waals surface area contributed by atoms with Crippen LogP contribution in [0.25, 0.3) is 22.3 Å². The summed E-state index contributed by atoms with van der Waals surface area (Å²) in [7, 11) is 3.81. The smallest absolute Gasteiger partial charge is 0.140 e. The van der Waals surface area contributed by atoms with Crippen molar-refractivity contribution in [2.45, 2.75) is 0 Å². The van der Waals surface area contributed by atoms with Gasteiger partial charge in [0.1, 0.15) is 11.5 Å². The first-order valence-electron chi connectivity index (χ1n) is 5.37. The van der Waals surface area contributed by atoms with Crippen molar-refractivity contribution in [1.29, 1.82) is 0 Å². The molecule has 3 aromatic rings. The highest BCUT2D eigenvalue weighted by molar-refractivity contribution is 5.93. The molecule has 86 valence electrons. The molecule has 3 heterocycles. The number of anilines is 1. The quantitative estimate of drug-likeness (QED) is 0.686. The number of pyridine rings is 1. The van der Waals surface area contributed by atoms with Crippen LogP contribution in [0.5, 0.6) is 0 Å². The van der Waals surface area contributed by atoms with Gasteiger partial charge in [0, 0.05) is 43.5 Å². The first-order chi connectivity index (χ1) is 8.16. The number of fused-ring (bicyclic) bond motifs is 1.